The Morgan fingerprint density at radius 2 is 1.00 bits per heavy atom. The number of hydrogen-bond acceptors (Lipinski definition) is 0. The molecule has 0 saturated carbocycles. The van der Waals surface area contributed by atoms with E-state index in [2.05, 4.69) is 0 Å². The molecule has 0 aromatic carbocycles. The maximum Gasteiger partial charge on any atom is 1.00 e. The third-order valence-electron chi connectivity index (χ3n) is 0. The van der Waals surface area contributed by atoms with Crippen LogP contribution in [0.4, 0.5) is 0 Å². The predicted octanol–water partition coefficient (Wildman–Crippen LogP) is -4.34. The molecule has 0 fully saturated rings. The van der Waals surface area contributed by atoms with E-state index in [0.29, 0.717) is 0 Å². The Morgan fingerprint density at radius 3 is 1.00 bits per heavy atom. The van der Waals surface area contributed by atoms with Gasteiger partial charge in [0, 0.05) is 56.0 Å². The van der Waals surface area contributed by atoms with Crippen molar-refractivity contribution in [2.75, 3.05) is 0 Å². The van der Waals surface area contributed by atoms with Crippen LogP contribution in [0.1, 0.15) is 1.43 Å². The van der Waals surface area contributed by atoms with E-state index in [9.17, 15) is 0 Å². The smallest absolute Gasteiger partial charge is 1.00 e. The minimum absolute atomic E-state index is 0. The molecule has 0 saturated heterocycles. The van der Waals surface area contributed by atoms with E-state index in [1.807, 2.05) is 0 Å². The third kappa shape index (κ3) is 19.7. The topological polar surface area (TPSA) is 0 Å². The first-order valence-corrected chi connectivity index (χ1v) is 0. The average molecular weight is 270 g/mol. The van der Waals surface area contributed by atoms with Crippen molar-refractivity contribution in [3.63, 3.8) is 0 Å². The van der Waals surface area contributed by atoms with Crippen molar-refractivity contribution in [3.8, 4) is 0 Å². The van der Waals surface area contributed by atoms with Crippen molar-refractivity contribution >= 4 is 17.6 Å². The summed E-state index contributed by atoms with van der Waals surface area (Å²) < 4.78 is 0. The summed E-state index contributed by atoms with van der Waals surface area (Å²) in [5.41, 5.74) is 0. The van der Waals surface area contributed by atoms with E-state index < -0.39 is 0 Å². The minimum Gasteiger partial charge on any atom is -1.00 e. The summed E-state index contributed by atoms with van der Waals surface area (Å²) in [5.74, 6) is 0. The zero-order chi connectivity index (χ0) is 0. The van der Waals surface area contributed by atoms with Crippen molar-refractivity contribution in [2.45, 2.75) is 0 Å². The first kappa shape index (κ1) is 44.6. The maximum atomic E-state index is 0. The van der Waals surface area contributed by atoms with Crippen LogP contribution in [0, 0.1) is 0 Å². The molecular weight excluding hydrogens is 265 g/mol. The zero-order valence-corrected chi connectivity index (χ0v) is 9.91. The quantitative estimate of drug-likeness (QED) is 0.391. The van der Waals surface area contributed by atoms with Crippen LogP contribution >= 0.6 is 0 Å². The van der Waals surface area contributed by atoms with E-state index in [4.69, 9.17) is 0 Å². The summed E-state index contributed by atoms with van der Waals surface area (Å²) in [6.07, 6.45) is 0. The average Bonchev–Trinajstić information content (AvgIpc) is 0. The molecule has 0 atom stereocenters. The van der Waals surface area contributed by atoms with Crippen LogP contribution in [0.25, 0.3) is 0 Å². The first-order chi connectivity index (χ1) is 0. The summed E-state index contributed by atoms with van der Waals surface area (Å²) in [6, 6.07) is 0. The van der Waals surface area contributed by atoms with Gasteiger partial charge in [0.05, 0.1) is 0 Å². The van der Waals surface area contributed by atoms with Crippen molar-refractivity contribution in [3.05, 3.63) is 0 Å². The van der Waals surface area contributed by atoms with Crippen LogP contribution in [0.15, 0.2) is 0 Å². The second kappa shape index (κ2) is 28.5. The van der Waals surface area contributed by atoms with Crippen LogP contribution in [0.2, 0.25) is 0 Å². The SMILES string of the molecule is [GeH4].[H-].[Li+].[Mn].[Zn].[Zn]. The summed E-state index contributed by atoms with van der Waals surface area (Å²) in [6.45, 7) is 0. The van der Waals surface area contributed by atoms with Gasteiger partial charge < -0.3 is 1.43 Å². The minimum atomic E-state index is 0. The predicted molar refractivity (Wildman–Crippen MR) is 12.4 cm³/mol. The van der Waals surface area contributed by atoms with Gasteiger partial charge in [0.15, 0.2) is 0 Å². The fraction of sp³-hybridized carbons (Fsp3) is 0. The van der Waals surface area contributed by atoms with Gasteiger partial charge in [0.2, 0.25) is 0 Å². The summed E-state index contributed by atoms with van der Waals surface area (Å²) in [7, 11) is 0. The van der Waals surface area contributed by atoms with Gasteiger partial charge in [-0.2, -0.15) is 0 Å². The van der Waals surface area contributed by atoms with Crippen molar-refractivity contribution in [1.29, 1.82) is 0 Å². The Bertz CT molecular complexity index is 13.5. The zero-order valence-electron chi connectivity index (χ0n) is 3.79. The molecule has 5 heavy (non-hydrogen) atoms. The van der Waals surface area contributed by atoms with Crippen LogP contribution < -0.4 is 18.9 Å². The monoisotopic (exact) mass is 269 g/mol. The van der Waals surface area contributed by atoms with Crippen LogP contribution in [0.3, 0.4) is 0 Å². The van der Waals surface area contributed by atoms with Gasteiger partial charge in [0.1, 0.15) is 0 Å². The van der Waals surface area contributed by atoms with E-state index in [0.717, 1.165) is 0 Å². The Morgan fingerprint density at radius 1 is 1.00 bits per heavy atom. The molecule has 21 valence electrons. The molecule has 0 amide bonds. The van der Waals surface area contributed by atoms with Gasteiger partial charge in [-0.15, -0.1) is 0 Å². The fourth-order valence-corrected chi connectivity index (χ4v) is 0. The normalized spacial score (nSPS) is 0. The second-order valence-electron chi connectivity index (χ2n) is 0. The van der Waals surface area contributed by atoms with Crippen molar-refractivity contribution in [2.24, 2.45) is 0 Å². The van der Waals surface area contributed by atoms with E-state index >= 15 is 0 Å². The second-order valence-corrected chi connectivity index (χ2v) is 0. The molecule has 0 spiro atoms. The fourth-order valence-electron chi connectivity index (χ4n) is 0. The summed E-state index contributed by atoms with van der Waals surface area (Å²) in [5, 5.41) is 0. The Labute approximate surface area is 92.6 Å². The van der Waals surface area contributed by atoms with Crippen LogP contribution in [-0.2, 0) is 56.0 Å². The summed E-state index contributed by atoms with van der Waals surface area (Å²) in [4.78, 5) is 0. The molecule has 0 N–H and O–H groups in total. The van der Waals surface area contributed by atoms with Crippen LogP contribution in [0.5, 0.6) is 0 Å². The maximum absolute atomic E-state index is 0. The van der Waals surface area contributed by atoms with Gasteiger partial charge in [-0.1, -0.05) is 0 Å². The Balaban J connectivity index is 0. The molecule has 0 unspecified atom stereocenters. The first-order valence-electron chi connectivity index (χ1n) is 0. The molecule has 5 heteroatoms. The number of hydrogen-bond donors (Lipinski definition) is 0. The molecule has 0 aliphatic rings. The van der Waals surface area contributed by atoms with Crippen molar-refractivity contribution < 1.29 is 76.3 Å². The van der Waals surface area contributed by atoms with Gasteiger partial charge in [0.25, 0.3) is 0 Å². The molecule has 0 nitrogen and oxygen atoms in total. The molecule has 0 aliphatic carbocycles. The molecule has 0 aromatic heterocycles. The molecule has 0 aromatic rings. The number of rotatable bonds is 0. The molecule has 0 aliphatic heterocycles. The Kier molecular flexibility index (Phi) is 255. The molecule has 0 heterocycles. The van der Waals surface area contributed by atoms with Gasteiger partial charge in [-0.3, -0.25) is 0 Å². The van der Waals surface area contributed by atoms with E-state index in [1.54, 1.807) is 0 Å². The van der Waals surface area contributed by atoms with Gasteiger partial charge >= 0.3 is 36.5 Å². The Hall–Kier alpha value is 2.91. The molecule has 0 bridgehead atoms. The molecule has 1 radical (unpaired) electrons. The van der Waals surface area contributed by atoms with Gasteiger partial charge in [-0.25, -0.2) is 0 Å². The van der Waals surface area contributed by atoms with Crippen molar-refractivity contribution in [1.82, 2.24) is 0 Å². The third-order valence-corrected chi connectivity index (χ3v) is 0. The van der Waals surface area contributed by atoms with E-state index in [1.165, 1.54) is 0 Å². The summed E-state index contributed by atoms with van der Waals surface area (Å²) >= 11 is 0. The van der Waals surface area contributed by atoms with Crippen LogP contribution in [-0.4, -0.2) is 17.6 Å². The standard InChI is InChI=1S/GeH4.Li.Mn.2Zn.H/h1H4;;;;;/q;+1;;;;-1. The van der Waals surface area contributed by atoms with E-state index in [-0.39, 0.29) is 93.9 Å². The largest absolute Gasteiger partial charge is 1.00 e. The molecule has 0 rings (SSSR count). The molecular formula is H5GeLiMnZn2. The van der Waals surface area contributed by atoms with Gasteiger partial charge in [-0.05, 0) is 0 Å².